The molecule has 0 saturated carbocycles. The first-order valence-corrected chi connectivity index (χ1v) is 8.74. The van der Waals surface area contributed by atoms with Crippen LogP contribution in [0.15, 0.2) is 42.5 Å². The van der Waals surface area contributed by atoms with E-state index >= 15 is 0 Å². The van der Waals surface area contributed by atoms with E-state index in [2.05, 4.69) is 5.32 Å². The van der Waals surface area contributed by atoms with E-state index < -0.39 is 0 Å². The zero-order chi connectivity index (χ0) is 18.5. The number of carbonyl (C=O) groups is 1. The van der Waals surface area contributed by atoms with Crippen molar-refractivity contribution in [3.05, 3.63) is 48.0 Å². The van der Waals surface area contributed by atoms with E-state index in [0.29, 0.717) is 30.4 Å². The summed E-state index contributed by atoms with van der Waals surface area (Å²) in [6.07, 6.45) is 1.75. The average molecular weight is 355 g/mol. The fraction of sp³-hybridized carbons (Fsp3) is 0.350. The van der Waals surface area contributed by atoms with Crippen LogP contribution >= 0.6 is 0 Å². The van der Waals surface area contributed by atoms with Gasteiger partial charge >= 0.3 is 0 Å². The fourth-order valence-corrected chi connectivity index (χ4v) is 3.22. The molecule has 0 atom stereocenters. The van der Waals surface area contributed by atoms with Gasteiger partial charge in [0.15, 0.2) is 0 Å². The van der Waals surface area contributed by atoms with Gasteiger partial charge in [0.2, 0.25) is 0 Å². The number of hydrogen-bond donors (Lipinski definition) is 2. The van der Waals surface area contributed by atoms with Crippen LogP contribution in [0.1, 0.15) is 23.2 Å². The van der Waals surface area contributed by atoms with Gasteiger partial charge in [-0.25, -0.2) is 0 Å². The van der Waals surface area contributed by atoms with Crippen LogP contribution < -0.4 is 20.5 Å². The molecule has 6 heteroatoms. The maximum absolute atomic E-state index is 12.6. The number of nitrogen functional groups attached to an aromatic ring is 1. The molecule has 1 fully saturated rings. The Labute approximate surface area is 153 Å². The van der Waals surface area contributed by atoms with Gasteiger partial charge < -0.3 is 25.4 Å². The zero-order valence-corrected chi connectivity index (χ0v) is 15.2. The number of benzene rings is 2. The number of nitrogens with zero attached hydrogens (tertiary/aromatic N) is 1. The van der Waals surface area contributed by atoms with Crippen molar-refractivity contribution >= 4 is 17.3 Å². The third kappa shape index (κ3) is 4.02. The highest BCUT2D eigenvalue weighted by molar-refractivity contribution is 5.99. The number of piperidine rings is 1. The SMILES string of the molecule is COc1cc(NC2CCN(C(=O)c3ccccc3N)CC2)cc(OC)c1. The van der Waals surface area contributed by atoms with E-state index in [0.717, 1.165) is 30.0 Å². The summed E-state index contributed by atoms with van der Waals surface area (Å²) >= 11 is 0. The number of para-hydroxylation sites is 1. The molecule has 1 saturated heterocycles. The highest BCUT2D eigenvalue weighted by Crippen LogP contribution is 2.27. The number of rotatable bonds is 5. The Morgan fingerprint density at radius 1 is 1.08 bits per heavy atom. The number of likely N-dealkylation sites (tertiary alicyclic amines) is 1. The summed E-state index contributed by atoms with van der Waals surface area (Å²) in [5.41, 5.74) is 7.99. The molecule has 0 radical (unpaired) electrons. The van der Waals surface area contributed by atoms with Crippen molar-refractivity contribution in [2.75, 3.05) is 38.4 Å². The second-order valence-electron chi connectivity index (χ2n) is 6.40. The van der Waals surface area contributed by atoms with Crippen LogP contribution in [0, 0.1) is 0 Å². The molecule has 0 spiro atoms. The maximum atomic E-state index is 12.6. The Hall–Kier alpha value is -2.89. The number of amides is 1. The third-order valence-corrected chi connectivity index (χ3v) is 4.70. The zero-order valence-electron chi connectivity index (χ0n) is 15.2. The first-order chi connectivity index (χ1) is 12.6. The van der Waals surface area contributed by atoms with Crippen LogP contribution in [0.3, 0.4) is 0 Å². The Kier molecular flexibility index (Phi) is 5.51. The van der Waals surface area contributed by atoms with Gasteiger partial charge in [0, 0.05) is 48.7 Å². The molecule has 138 valence electrons. The van der Waals surface area contributed by atoms with Gasteiger partial charge in [0.1, 0.15) is 11.5 Å². The molecule has 1 amide bonds. The number of ether oxygens (including phenoxy) is 2. The first-order valence-electron chi connectivity index (χ1n) is 8.74. The Balaban J connectivity index is 1.61. The van der Waals surface area contributed by atoms with Crippen LogP contribution in [0.5, 0.6) is 11.5 Å². The smallest absolute Gasteiger partial charge is 0.255 e. The first kappa shape index (κ1) is 17.9. The minimum Gasteiger partial charge on any atom is -0.497 e. The second-order valence-corrected chi connectivity index (χ2v) is 6.40. The van der Waals surface area contributed by atoms with Crippen LogP contribution in [-0.4, -0.2) is 44.2 Å². The summed E-state index contributed by atoms with van der Waals surface area (Å²) in [7, 11) is 3.27. The number of nitrogens with two attached hydrogens (primary N) is 1. The molecule has 1 aliphatic rings. The van der Waals surface area contributed by atoms with Crippen molar-refractivity contribution in [3.8, 4) is 11.5 Å². The summed E-state index contributed by atoms with van der Waals surface area (Å²) in [6.45, 7) is 1.40. The van der Waals surface area contributed by atoms with Crippen molar-refractivity contribution in [3.63, 3.8) is 0 Å². The van der Waals surface area contributed by atoms with Gasteiger partial charge in [-0.05, 0) is 25.0 Å². The summed E-state index contributed by atoms with van der Waals surface area (Å²) < 4.78 is 10.6. The maximum Gasteiger partial charge on any atom is 0.255 e. The Morgan fingerprint density at radius 2 is 1.69 bits per heavy atom. The average Bonchev–Trinajstić information content (AvgIpc) is 2.68. The lowest BCUT2D eigenvalue weighted by atomic mass is 10.0. The van der Waals surface area contributed by atoms with Gasteiger partial charge in [0.05, 0.1) is 19.8 Å². The number of hydrogen-bond acceptors (Lipinski definition) is 5. The number of carbonyl (C=O) groups excluding carboxylic acids is 1. The lowest BCUT2D eigenvalue weighted by molar-refractivity contribution is 0.0719. The van der Waals surface area contributed by atoms with E-state index in [1.54, 1.807) is 26.4 Å². The normalized spacial score (nSPS) is 14.8. The number of anilines is 2. The molecule has 6 nitrogen and oxygen atoms in total. The molecule has 1 heterocycles. The molecule has 0 unspecified atom stereocenters. The second kappa shape index (κ2) is 7.99. The van der Waals surface area contributed by atoms with Crippen molar-refractivity contribution in [1.29, 1.82) is 0 Å². The van der Waals surface area contributed by atoms with Crippen molar-refractivity contribution < 1.29 is 14.3 Å². The Morgan fingerprint density at radius 3 is 2.27 bits per heavy atom. The predicted molar refractivity (Wildman–Crippen MR) is 103 cm³/mol. The predicted octanol–water partition coefficient (Wildman–Crippen LogP) is 3.00. The molecular weight excluding hydrogens is 330 g/mol. The molecule has 0 bridgehead atoms. The van der Waals surface area contributed by atoms with Gasteiger partial charge in [-0.2, -0.15) is 0 Å². The van der Waals surface area contributed by atoms with E-state index in [1.165, 1.54) is 0 Å². The van der Waals surface area contributed by atoms with Crippen molar-refractivity contribution in [1.82, 2.24) is 4.90 Å². The summed E-state index contributed by atoms with van der Waals surface area (Å²) in [5.74, 6) is 1.50. The summed E-state index contributed by atoms with van der Waals surface area (Å²) in [4.78, 5) is 14.5. The number of methoxy groups -OCH3 is 2. The van der Waals surface area contributed by atoms with Crippen LogP contribution in [-0.2, 0) is 0 Å². The summed E-state index contributed by atoms with van der Waals surface area (Å²) in [6, 6.07) is 13.3. The van der Waals surface area contributed by atoms with E-state index in [-0.39, 0.29) is 5.91 Å². The van der Waals surface area contributed by atoms with Crippen LogP contribution in [0.4, 0.5) is 11.4 Å². The van der Waals surface area contributed by atoms with E-state index in [4.69, 9.17) is 15.2 Å². The van der Waals surface area contributed by atoms with Gasteiger partial charge in [-0.1, -0.05) is 12.1 Å². The summed E-state index contributed by atoms with van der Waals surface area (Å²) in [5, 5.41) is 3.52. The third-order valence-electron chi connectivity index (χ3n) is 4.70. The lowest BCUT2D eigenvalue weighted by Gasteiger charge is -2.33. The van der Waals surface area contributed by atoms with Crippen molar-refractivity contribution in [2.24, 2.45) is 0 Å². The van der Waals surface area contributed by atoms with Gasteiger partial charge in [-0.15, -0.1) is 0 Å². The molecular formula is C20H25N3O3. The quantitative estimate of drug-likeness (QED) is 0.806. The van der Waals surface area contributed by atoms with Crippen LogP contribution in [0.2, 0.25) is 0 Å². The molecule has 1 aliphatic heterocycles. The Bertz CT molecular complexity index is 748. The largest absolute Gasteiger partial charge is 0.497 e. The van der Waals surface area contributed by atoms with E-state index in [1.807, 2.05) is 35.2 Å². The highest BCUT2D eigenvalue weighted by atomic mass is 16.5. The molecule has 26 heavy (non-hydrogen) atoms. The monoisotopic (exact) mass is 355 g/mol. The topological polar surface area (TPSA) is 76.8 Å². The molecule has 0 aromatic heterocycles. The fourth-order valence-electron chi connectivity index (χ4n) is 3.22. The minimum atomic E-state index is 0.00426. The minimum absolute atomic E-state index is 0.00426. The van der Waals surface area contributed by atoms with Gasteiger partial charge in [0.25, 0.3) is 5.91 Å². The van der Waals surface area contributed by atoms with Crippen LogP contribution in [0.25, 0.3) is 0 Å². The van der Waals surface area contributed by atoms with E-state index in [9.17, 15) is 4.79 Å². The van der Waals surface area contributed by atoms with Crippen molar-refractivity contribution in [2.45, 2.75) is 18.9 Å². The molecule has 0 aliphatic carbocycles. The van der Waals surface area contributed by atoms with Gasteiger partial charge in [-0.3, -0.25) is 4.79 Å². The molecule has 2 aromatic rings. The molecule has 3 rings (SSSR count). The standard InChI is InChI=1S/C20H25N3O3/c1-25-16-11-15(12-17(13-16)26-2)22-14-7-9-23(10-8-14)20(24)18-5-3-4-6-19(18)21/h3-6,11-14,22H,7-10,21H2,1-2H3. The molecule has 3 N–H and O–H groups in total. The highest BCUT2D eigenvalue weighted by Gasteiger charge is 2.24. The molecule has 2 aromatic carbocycles. The number of nitrogens with one attached hydrogen (secondary N) is 1. The lowest BCUT2D eigenvalue weighted by Crippen LogP contribution is -2.42.